The van der Waals surface area contributed by atoms with Crippen molar-refractivity contribution in [2.75, 3.05) is 26.2 Å². The fourth-order valence-electron chi connectivity index (χ4n) is 3.93. The van der Waals surface area contributed by atoms with Crippen molar-refractivity contribution in [3.63, 3.8) is 0 Å². The molecule has 0 N–H and O–H groups in total. The Kier molecular flexibility index (Phi) is 9.09. The van der Waals surface area contributed by atoms with E-state index in [1.807, 2.05) is 42.6 Å². The van der Waals surface area contributed by atoms with E-state index in [2.05, 4.69) is 14.8 Å². The minimum Gasteiger partial charge on any atom is -0.334 e. The summed E-state index contributed by atoms with van der Waals surface area (Å²) in [5.74, 6) is 0.185. The van der Waals surface area contributed by atoms with Crippen LogP contribution in [0.15, 0.2) is 58.6 Å². The average Bonchev–Trinajstić information content (AvgIpc) is 3.35. The number of amides is 1. The second-order valence-electron chi connectivity index (χ2n) is 7.12. The molecule has 2 fully saturated rings. The van der Waals surface area contributed by atoms with Crippen LogP contribution < -0.4 is 0 Å². The van der Waals surface area contributed by atoms with E-state index in [1.165, 1.54) is 25.9 Å². The Balaban J connectivity index is 0.00000140. The van der Waals surface area contributed by atoms with Gasteiger partial charge in [0.2, 0.25) is 0 Å². The van der Waals surface area contributed by atoms with E-state index in [-0.39, 0.29) is 30.7 Å². The van der Waals surface area contributed by atoms with Gasteiger partial charge in [0.15, 0.2) is 0 Å². The number of rotatable bonds is 5. The van der Waals surface area contributed by atoms with Crippen molar-refractivity contribution in [3.05, 3.63) is 54.4 Å². The van der Waals surface area contributed by atoms with Crippen LogP contribution in [0.1, 0.15) is 36.0 Å². The normalized spacial score (nSPS) is 19.1. The highest BCUT2D eigenvalue weighted by Gasteiger charge is 2.31. The van der Waals surface area contributed by atoms with Crippen LogP contribution in [0.3, 0.4) is 0 Å². The van der Waals surface area contributed by atoms with Crippen LogP contribution >= 0.6 is 36.6 Å². The number of hydrogen-bond donors (Lipinski definition) is 0. The van der Waals surface area contributed by atoms with Crippen LogP contribution in [0.5, 0.6) is 0 Å². The first-order valence-electron chi connectivity index (χ1n) is 9.51. The second-order valence-corrected chi connectivity index (χ2v) is 8.26. The molecule has 28 heavy (non-hydrogen) atoms. The molecule has 0 radical (unpaired) electrons. The lowest BCUT2D eigenvalue weighted by molar-refractivity contribution is 0.0708. The van der Waals surface area contributed by atoms with Crippen molar-refractivity contribution >= 4 is 42.5 Å². The van der Waals surface area contributed by atoms with Crippen molar-refractivity contribution < 1.29 is 4.79 Å². The first kappa shape index (κ1) is 23.0. The van der Waals surface area contributed by atoms with Gasteiger partial charge in [0, 0.05) is 46.9 Å². The van der Waals surface area contributed by atoms with Gasteiger partial charge in [0.1, 0.15) is 0 Å². The lowest BCUT2D eigenvalue weighted by Gasteiger charge is -2.28. The molecular formula is C21H27Cl2N3OS. The third-order valence-electron chi connectivity index (χ3n) is 5.28. The zero-order valence-corrected chi connectivity index (χ0v) is 18.3. The zero-order valence-electron chi connectivity index (χ0n) is 15.8. The minimum atomic E-state index is 0. The topological polar surface area (TPSA) is 36.4 Å². The van der Waals surface area contributed by atoms with E-state index in [0.717, 1.165) is 41.3 Å². The van der Waals surface area contributed by atoms with Crippen LogP contribution in [0, 0.1) is 0 Å². The highest BCUT2D eigenvalue weighted by molar-refractivity contribution is 7.99. The maximum absolute atomic E-state index is 13.0. The van der Waals surface area contributed by atoms with Crippen LogP contribution in [0.25, 0.3) is 0 Å². The standard InChI is InChI=1S/C21H25N3OS.2ClH/c25-21(24-14-4-5-18(24)16-23-12-1-2-13-23)17-7-9-19(10-8-17)26-20-6-3-11-22-15-20;;/h3,6-11,15,18H,1-2,4-5,12-14,16H2;2*1H/t18-;;/m0../s1. The van der Waals surface area contributed by atoms with Crippen LogP contribution in [0.2, 0.25) is 0 Å². The Bertz CT molecular complexity index is 739. The molecule has 2 aliphatic heterocycles. The summed E-state index contributed by atoms with van der Waals surface area (Å²) in [5.41, 5.74) is 0.800. The lowest BCUT2D eigenvalue weighted by atomic mass is 10.1. The van der Waals surface area contributed by atoms with Crippen LogP contribution in [0.4, 0.5) is 0 Å². The van der Waals surface area contributed by atoms with Gasteiger partial charge in [-0.2, -0.15) is 0 Å². The summed E-state index contributed by atoms with van der Waals surface area (Å²) in [6, 6.07) is 12.4. The number of carbonyl (C=O) groups excluding carboxylic acids is 1. The summed E-state index contributed by atoms with van der Waals surface area (Å²) in [7, 11) is 0. The van der Waals surface area contributed by atoms with E-state index >= 15 is 0 Å². The fraction of sp³-hybridized carbons (Fsp3) is 0.429. The molecule has 1 aromatic heterocycles. The number of pyridine rings is 1. The summed E-state index contributed by atoms with van der Waals surface area (Å²) >= 11 is 1.67. The molecule has 7 heteroatoms. The molecule has 1 aromatic carbocycles. The van der Waals surface area contributed by atoms with Gasteiger partial charge >= 0.3 is 0 Å². The Morgan fingerprint density at radius 1 is 1.00 bits per heavy atom. The predicted octanol–water partition coefficient (Wildman–Crippen LogP) is 4.78. The average molecular weight is 440 g/mol. The number of likely N-dealkylation sites (tertiary alicyclic amines) is 2. The van der Waals surface area contributed by atoms with Gasteiger partial charge in [-0.15, -0.1) is 24.8 Å². The number of benzene rings is 1. The predicted molar refractivity (Wildman–Crippen MR) is 119 cm³/mol. The molecule has 2 aromatic rings. The molecule has 4 rings (SSSR count). The highest BCUT2D eigenvalue weighted by Crippen LogP contribution is 2.28. The van der Waals surface area contributed by atoms with Crippen molar-refractivity contribution in [3.8, 4) is 0 Å². The SMILES string of the molecule is Cl.Cl.O=C(c1ccc(Sc2cccnc2)cc1)N1CCC[C@H]1CN1CCCC1. The molecule has 3 heterocycles. The van der Waals surface area contributed by atoms with Crippen molar-refractivity contribution in [2.24, 2.45) is 0 Å². The highest BCUT2D eigenvalue weighted by atomic mass is 35.5. The summed E-state index contributed by atoms with van der Waals surface area (Å²) in [4.78, 5) is 24.0. The number of carbonyl (C=O) groups is 1. The van der Waals surface area contributed by atoms with Gasteiger partial charge in [-0.3, -0.25) is 9.78 Å². The van der Waals surface area contributed by atoms with Crippen molar-refractivity contribution in [1.29, 1.82) is 0 Å². The minimum absolute atomic E-state index is 0. The first-order chi connectivity index (χ1) is 12.8. The van der Waals surface area contributed by atoms with E-state index in [9.17, 15) is 4.79 Å². The molecule has 2 saturated heterocycles. The molecule has 0 spiro atoms. The first-order valence-corrected chi connectivity index (χ1v) is 10.3. The van der Waals surface area contributed by atoms with Crippen molar-refractivity contribution in [1.82, 2.24) is 14.8 Å². The van der Waals surface area contributed by atoms with Crippen molar-refractivity contribution in [2.45, 2.75) is 41.5 Å². The molecule has 0 unspecified atom stereocenters. The van der Waals surface area contributed by atoms with E-state index in [1.54, 1.807) is 18.0 Å². The van der Waals surface area contributed by atoms with Gasteiger partial charge in [-0.1, -0.05) is 11.8 Å². The molecule has 0 aliphatic carbocycles. The number of hydrogen-bond acceptors (Lipinski definition) is 4. The monoisotopic (exact) mass is 439 g/mol. The van der Waals surface area contributed by atoms with Gasteiger partial charge in [-0.25, -0.2) is 0 Å². The smallest absolute Gasteiger partial charge is 0.254 e. The Hall–Kier alpha value is -1.27. The number of aromatic nitrogens is 1. The Morgan fingerprint density at radius 3 is 2.43 bits per heavy atom. The molecule has 0 bridgehead atoms. The molecule has 2 aliphatic rings. The fourth-order valence-corrected chi connectivity index (χ4v) is 4.74. The maximum atomic E-state index is 13.0. The van der Waals surface area contributed by atoms with Crippen LogP contribution in [-0.2, 0) is 0 Å². The van der Waals surface area contributed by atoms with E-state index in [0.29, 0.717) is 6.04 Å². The zero-order chi connectivity index (χ0) is 17.8. The van der Waals surface area contributed by atoms with Crippen LogP contribution in [-0.4, -0.2) is 52.9 Å². The largest absolute Gasteiger partial charge is 0.334 e. The lowest BCUT2D eigenvalue weighted by Crippen LogP contribution is -2.42. The summed E-state index contributed by atoms with van der Waals surface area (Å²) < 4.78 is 0. The quantitative estimate of drug-likeness (QED) is 0.671. The molecule has 1 atom stereocenters. The Labute approximate surface area is 183 Å². The number of nitrogens with zero attached hydrogens (tertiary/aromatic N) is 3. The Morgan fingerprint density at radius 2 is 1.75 bits per heavy atom. The van der Waals surface area contributed by atoms with E-state index in [4.69, 9.17) is 0 Å². The summed E-state index contributed by atoms with van der Waals surface area (Å²) in [6.07, 6.45) is 8.50. The molecule has 4 nitrogen and oxygen atoms in total. The summed E-state index contributed by atoms with van der Waals surface area (Å²) in [5, 5.41) is 0. The maximum Gasteiger partial charge on any atom is 0.254 e. The van der Waals surface area contributed by atoms with Gasteiger partial charge < -0.3 is 9.80 Å². The van der Waals surface area contributed by atoms with Gasteiger partial charge in [-0.05, 0) is 75.2 Å². The molecule has 0 saturated carbocycles. The second kappa shape index (κ2) is 11.1. The number of halogens is 2. The molecule has 1 amide bonds. The van der Waals surface area contributed by atoms with E-state index < -0.39 is 0 Å². The molecular weight excluding hydrogens is 413 g/mol. The van der Waals surface area contributed by atoms with Gasteiger partial charge in [0.05, 0.1) is 0 Å². The molecule has 152 valence electrons. The third kappa shape index (κ3) is 5.63. The summed E-state index contributed by atoms with van der Waals surface area (Å²) in [6.45, 7) is 4.32. The van der Waals surface area contributed by atoms with Gasteiger partial charge in [0.25, 0.3) is 5.91 Å². The third-order valence-corrected chi connectivity index (χ3v) is 6.26.